The van der Waals surface area contributed by atoms with Crippen LogP contribution >= 0.6 is 0 Å². The second-order valence-electron chi connectivity index (χ2n) is 8.95. The van der Waals surface area contributed by atoms with Gasteiger partial charge in [-0.2, -0.15) is 4.52 Å². The number of nitrogens with zero attached hydrogens (tertiary/aromatic N) is 5. The number of carbonyl (C=O) groups excluding carboxylic acids is 1. The predicted octanol–water partition coefficient (Wildman–Crippen LogP) is 3.61. The van der Waals surface area contributed by atoms with Crippen molar-refractivity contribution in [2.45, 2.75) is 70.6 Å². The zero-order valence-corrected chi connectivity index (χ0v) is 18.1. The molecule has 0 spiro atoms. The number of hydrogen-bond acceptors (Lipinski definition) is 5. The lowest BCUT2D eigenvalue weighted by Crippen LogP contribution is -2.47. The van der Waals surface area contributed by atoms with E-state index in [4.69, 9.17) is 4.74 Å². The van der Waals surface area contributed by atoms with Crippen molar-refractivity contribution in [2.75, 3.05) is 13.2 Å². The van der Waals surface area contributed by atoms with Gasteiger partial charge in [0.2, 0.25) is 0 Å². The van der Waals surface area contributed by atoms with Crippen LogP contribution in [0, 0.1) is 6.92 Å². The van der Waals surface area contributed by atoms with E-state index in [9.17, 15) is 4.79 Å². The molecule has 8 heteroatoms. The van der Waals surface area contributed by atoms with Gasteiger partial charge >= 0.3 is 6.03 Å². The molecule has 1 aromatic carbocycles. The van der Waals surface area contributed by atoms with Crippen molar-refractivity contribution < 1.29 is 9.53 Å². The largest absolute Gasteiger partial charge is 0.376 e. The molecule has 2 fully saturated rings. The molecule has 2 amide bonds. The Morgan fingerprint density at radius 1 is 1.19 bits per heavy atom. The van der Waals surface area contributed by atoms with Crippen molar-refractivity contribution in [1.29, 1.82) is 0 Å². The minimum atomic E-state index is -0.0166. The van der Waals surface area contributed by atoms with E-state index in [1.165, 1.54) is 19.3 Å². The lowest BCUT2D eigenvalue weighted by molar-refractivity contribution is 0.0786. The lowest BCUT2D eigenvalue weighted by atomic mass is 9.96. The van der Waals surface area contributed by atoms with Crippen LogP contribution in [0.25, 0.3) is 16.6 Å². The highest BCUT2D eigenvalue weighted by molar-refractivity contribution is 5.84. The first-order chi connectivity index (χ1) is 15.2. The molecule has 1 saturated heterocycles. The van der Waals surface area contributed by atoms with E-state index in [0.717, 1.165) is 54.3 Å². The van der Waals surface area contributed by atoms with Gasteiger partial charge in [-0.05, 0) is 60.7 Å². The highest BCUT2D eigenvalue weighted by atomic mass is 16.5. The van der Waals surface area contributed by atoms with Crippen LogP contribution in [-0.2, 0) is 11.3 Å². The minimum Gasteiger partial charge on any atom is -0.376 e. The molecule has 8 nitrogen and oxygen atoms in total. The summed E-state index contributed by atoms with van der Waals surface area (Å²) in [5.74, 6) is 0. The SMILES string of the molecule is Cc1ccc2cc(CN(C[C@@H]3CCCO3)C(=O)NC3CCCCC3)c3nnnn3c2c1. The lowest BCUT2D eigenvalue weighted by Gasteiger charge is -2.30. The zero-order valence-electron chi connectivity index (χ0n) is 18.1. The highest BCUT2D eigenvalue weighted by Gasteiger charge is 2.26. The molecule has 0 unspecified atom stereocenters. The first-order valence-corrected chi connectivity index (χ1v) is 11.4. The van der Waals surface area contributed by atoms with Crippen LogP contribution in [0.15, 0.2) is 24.3 Å². The molecule has 1 atom stereocenters. The van der Waals surface area contributed by atoms with E-state index in [0.29, 0.717) is 18.7 Å². The number of urea groups is 1. The fraction of sp³-hybridized carbons (Fsp3) is 0.565. The fourth-order valence-electron chi connectivity index (χ4n) is 4.85. The molecule has 3 heterocycles. The maximum atomic E-state index is 13.3. The average molecular weight is 423 g/mol. The smallest absolute Gasteiger partial charge is 0.318 e. The van der Waals surface area contributed by atoms with Gasteiger partial charge in [-0.25, -0.2) is 4.79 Å². The van der Waals surface area contributed by atoms with E-state index in [1.54, 1.807) is 4.52 Å². The van der Waals surface area contributed by atoms with Crippen molar-refractivity contribution >= 4 is 22.6 Å². The molecular weight excluding hydrogens is 392 g/mol. The summed E-state index contributed by atoms with van der Waals surface area (Å²) in [6, 6.07) is 8.61. The summed E-state index contributed by atoms with van der Waals surface area (Å²) in [7, 11) is 0. The molecule has 0 radical (unpaired) electrons. The van der Waals surface area contributed by atoms with E-state index in [1.807, 2.05) is 4.90 Å². The summed E-state index contributed by atoms with van der Waals surface area (Å²) in [6.45, 7) is 3.86. The molecule has 164 valence electrons. The average Bonchev–Trinajstić information content (AvgIpc) is 3.47. The molecular formula is C23H30N6O2. The quantitative estimate of drug-likeness (QED) is 0.679. The summed E-state index contributed by atoms with van der Waals surface area (Å²) in [5.41, 5.74) is 3.77. The Hall–Kier alpha value is -2.74. The van der Waals surface area contributed by atoms with Crippen molar-refractivity contribution in [2.24, 2.45) is 0 Å². The number of aromatic nitrogens is 4. The van der Waals surface area contributed by atoms with E-state index in [2.05, 4.69) is 52.0 Å². The van der Waals surface area contributed by atoms with Crippen LogP contribution < -0.4 is 5.32 Å². The molecule has 1 N–H and O–H groups in total. The number of amides is 2. The van der Waals surface area contributed by atoms with Crippen LogP contribution in [-0.4, -0.2) is 56.3 Å². The fourth-order valence-corrected chi connectivity index (χ4v) is 4.85. The van der Waals surface area contributed by atoms with Crippen LogP contribution in [0.5, 0.6) is 0 Å². The van der Waals surface area contributed by atoms with Crippen LogP contribution in [0.2, 0.25) is 0 Å². The maximum Gasteiger partial charge on any atom is 0.318 e. The third kappa shape index (κ3) is 4.35. The highest BCUT2D eigenvalue weighted by Crippen LogP contribution is 2.23. The van der Waals surface area contributed by atoms with Crippen molar-refractivity contribution in [1.82, 2.24) is 30.3 Å². The number of aryl methyl sites for hydroxylation is 1. The minimum absolute atomic E-state index is 0.0166. The molecule has 1 saturated carbocycles. The molecule has 3 aromatic rings. The monoisotopic (exact) mass is 422 g/mol. The molecule has 1 aliphatic carbocycles. The number of fused-ring (bicyclic) bond motifs is 3. The zero-order chi connectivity index (χ0) is 21.2. The van der Waals surface area contributed by atoms with Gasteiger partial charge in [0, 0.05) is 30.1 Å². The van der Waals surface area contributed by atoms with Crippen LogP contribution in [0.4, 0.5) is 4.79 Å². The molecule has 1 aliphatic heterocycles. The van der Waals surface area contributed by atoms with Crippen LogP contribution in [0.1, 0.15) is 56.1 Å². The van der Waals surface area contributed by atoms with Gasteiger partial charge in [0.25, 0.3) is 0 Å². The molecule has 2 aliphatic rings. The summed E-state index contributed by atoms with van der Waals surface area (Å²) in [4.78, 5) is 15.2. The Labute approximate surface area is 181 Å². The summed E-state index contributed by atoms with van der Waals surface area (Å²) in [6.07, 6.45) is 7.90. The van der Waals surface area contributed by atoms with Gasteiger partial charge < -0.3 is 15.0 Å². The maximum absolute atomic E-state index is 13.3. The van der Waals surface area contributed by atoms with Gasteiger partial charge in [0.1, 0.15) is 0 Å². The first-order valence-electron chi connectivity index (χ1n) is 11.4. The number of benzene rings is 1. The Balaban J connectivity index is 1.44. The van der Waals surface area contributed by atoms with Gasteiger partial charge in [-0.3, -0.25) is 0 Å². The van der Waals surface area contributed by atoms with Gasteiger partial charge in [-0.1, -0.05) is 31.4 Å². The third-order valence-corrected chi connectivity index (χ3v) is 6.53. The number of tetrazole rings is 1. The standard InChI is InChI=1S/C23H30N6O2/c1-16-9-10-17-13-18(22-25-26-27-29(22)21(17)12-16)14-28(15-20-8-5-11-31-20)23(30)24-19-6-3-2-4-7-19/h9-10,12-13,19-20H,2-8,11,14-15H2,1H3,(H,24,30)/t20-/m0/s1. The molecule has 31 heavy (non-hydrogen) atoms. The number of rotatable bonds is 5. The Morgan fingerprint density at radius 3 is 2.87 bits per heavy atom. The first kappa shape index (κ1) is 20.2. The second kappa shape index (κ2) is 8.78. The summed E-state index contributed by atoms with van der Waals surface area (Å²) in [5, 5.41) is 16.7. The normalized spacial score (nSPS) is 19.8. The summed E-state index contributed by atoms with van der Waals surface area (Å²) < 4.78 is 7.63. The Bertz CT molecular complexity index is 1070. The summed E-state index contributed by atoms with van der Waals surface area (Å²) >= 11 is 0. The number of nitrogens with one attached hydrogen (secondary N) is 1. The van der Waals surface area contributed by atoms with E-state index in [-0.39, 0.29) is 18.2 Å². The molecule has 2 aromatic heterocycles. The molecule has 5 rings (SSSR count). The van der Waals surface area contributed by atoms with E-state index >= 15 is 0 Å². The van der Waals surface area contributed by atoms with Gasteiger partial charge in [0.15, 0.2) is 5.65 Å². The number of hydrogen-bond donors (Lipinski definition) is 1. The second-order valence-corrected chi connectivity index (χ2v) is 8.95. The Morgan fingerprint density at radius 2 is 2.06 bits per heavy atom. The van der Waals surface area contributed by atoms with Gasteiger partial charge in [-0.15, -0.1) is 5.10 Å². The Kier molecular flexibility index (Phi) is 5.72. The third-order valence-electron chi connectivity index (χ3n) is 6.53. The van der Waals surface area contributed by atoms with Crippen molar-refractivity contribution in [3.05, 3.63) is 35.4 Å². The number of carbonyl (C=O) groups is 1. The van der Waals surface area contributed by atoms with Crippen LogP contribution in [0.3, 0.4) is 0 Å². The molecule has 0 bridgehead atoms. The number of pyridine rings is 1. The van der Waals surface area contributed by atoms with Crippen molar-refractivity contribution in [3.63, 3.8) is 0 Å². The number of ether oxygens (including phenoxy) is 1. The van der Waals surface area contributed by atoms with Gasteiger partial charge in [0.05, 0.1) is 18.2 Å². The van der Waals surface area contributed by atoms with E-state index < -0.39 is 0 Å². The van der Waals surface area contributed by atoms with Crippen molar-refractivity contribution in [3.8, 4) is 0 Å². The topological polar surface area (TPSA) is 84.6 Å². The predicted molar refractivity (Wildman–Crippen MR) is 118 cm³/mol.